The van der Waals surface area contributed by atoms with Crippen LogP contribution in [0, 0.1) is 11.3 Å². The Morgan fingerprint density at radius 3 is 1.95 bits per heavy atom. The van der Waals surface area contributed by atoms with Crippen LogP contribution in [0.3, 0.4) is 0 Å². The van der Waals surface area contributed by atoms with Gasteiger partial charge >= 0.3 is 12.0 Å². The van der Waals surface area contributed by atoms with E-state index in [9.17, 15) is 14.7 Å². The molecule has 0 saturated heterocycles. The molecule has 1 atom stereocenters. The van der Waals surface area contributed by atoms with Crippen molar-refractivity contribution in [2.75, 3.05) is 7.05 Å². The third kappa shape index (κ3) is 4.39. The predicted molar refractivity (Wildman–Crippen MR) is 80.7 cm³/mol. The molecule has 0 saturated carbocycles. The quantitative estimate of drug-likeness (QED) is 0.788. The van der Waals surface area contributed by atoms with E-state index in [1.165, 1.54) is 0 Å². The Morgan fingerprint density at radius 2 is 1.60 bits per heavy atom. The van der Waals surface area contributed by atoms with Crippen LogP contribution in [-0.2, 0) is 4.79 Å². The number of carbonyl (C=O) groups excluding carboxylic acids is 1. The Morgan fingerprint density at radius 1 is 1.15 bits per heavy atom. The molecule has 0 radical (unpaired) electrons. The van der Waals surface area contributed by atoms with Gasteiger partial charge in [-0.05, 0) is 47.0 Å². The van der Waals surface area contributed by atoms with Crippen LogP contribution in [0.2, 0.25) is 0 Å². The molecule has 0 aliphatic rings. The Hall–Kier alpha value is -1.26. The first-order valence-electron chi connectivity index (χ1n) is 7.11. The number of amides is 2. The molecular formula is C15H30N2O3. The molecule has 0 heterocycles. The highest BCUT2D eigenvalue weighted by atomic mass is 16.4. The monoisotopic (exact) mass is 286 g/mol. The van der Waals surface area contributed by atoms with Crippen molar-refractivity contribution in [1.29, 1.82) is 0 Å². The maximum Gasteiger partial charge on any atom is 0.317 e. The average molecular weight is 286 g/mol. The Kier molecular flexibility index (Phi) is 6.05. The third-order valence-corrected chi connectivity index (χ3v) is 4.31. The van der Waals surface area contributed by atoms with E-state index in [-0.39, 0.29) is 12.1 Å². The molecule has 20 heavy (non-hydrogen) atoms. The summed E-state index contributed by atoms with van der Waals surface area (Å²) in [5, 5.41) is 12.1. The highest BCUT2D eigenvalue weighted by molar-refractivity contribution is 5.79. The molecule has 0 rings (SSSR count). The van der Waals surface area contributed by atoms with Crippen LogP contribution in [0.5, 0.6) is 0 Å². The van der Waals surface area contributed by atoms with Crippen molar-refractivity contribution in [2.45, 2.75) is 66.5 Å². The van der Waals surface area contributed by atoms with E-state index in [1.54, 1.807) is 39.6 Å². The highest BCUT2D eigenvalue weighted by Gasteiger charge is 2.45. The third-order valence-electron chi connectivity index (χ3n) is 4.31. The van der Waals surface area contributed by atoms with E-state index in [0.717, 1.165) is 6.42 Å². The summed E-state index contributed by atoms with van der Waals surface area (Å²) in [4.78, 5) is 25.2. The summed E-state index contributed by atoms with van der Waals surface area (Å²) in [6.07, 6.45) is 0.909. The second kappa shape index (κ2) is 6.46. The van der Waals surface area contributed by atoms with Gasteiger partial charge in [0.25, 0.3) is 0 Å². The lowest BCUT2D eigenvalue weighted by atomic mass is 9.74. The van der Waals surface area contributed by atoms with Gasteiger partial charge in [-0.2, -0.15) is 0 Å². The molecule has 118 valence electrons. The minimum Gasteiger partial charge on any atom is -0.481 e. The van der Waals surface area contributed by atoms with Crippen LogP contribution >= 0.6 is 0 Å². The van der Waals surface area contributed by atoms with E-state index in [0.29, 0.717) is 5.92 Å². The molecule has 0 aliphatic heterocycles. The van der Waals surface area contributed by atoms with Crippen molar-refractivity contribution >= 4 is 12.0 Å². The first-order chi connectivity index (χ1) is 8.83. The van der Waals surface area contributed by atoms with Crippen LogP contribution in [0.4, 0.5) is 4.79 Å². The SMILES string of the molecule is CC(C)CC(C)N(C)C(=O)NC(C)(C)C(C)(C)C(=O)O. The average Bonchev–Trinajstić information content (AvgIpc) is 2.25. The zero-order valence-corrected chi connectivity index (χ0v) is 14.1. The molecule has 2 amide bonds. The van der Waals surface area contributed by atoms with Gasteiger partial charge in [-0.1, -0.05) is 13.8 Å². The molecule has 5 nitrogen and oxygen atoms in total. The number of urea groups is 1. The standard InChI is InChI=1S/C15H30N2O3/c1-10(2)9-11(3)17(8)13(20)16-15(6,7)14(4,5)12(18)19/h10-11H,9H2,1-8H3,(H,16,20)(H,18,19). The normalized spacial score (nSPS) is 14.1. The van der Waals surface area contributed by atoms with Crippen molar-refractivity contribution in [1.82, 2.24) is 10.2 Å². The van der Waals surface area contributed by atoms with Crippen molar-refractivity contribution in [3.05, 3.63) is 0 Å². The fourth-order valence-corrected chi connectivity index (χ4v) is 1.82. The van der Waals surface area contributed by atoms with Gasteiger partial charge in [0.1, 0.15) is 0 Å². The summed E-state index contributed by atoms with van der Waals surface area (Å²) in [5.41, 5.74) is -1.90. The second-order valence-electron chi connectivity index (χ2n) is 7.07. The summed E-state index contributed by atoms with van der Waals surface area (Å²) in [6, 6.07) is -0.129. The maximum atomic E-state index is 12.3. The summed E-state index contributed by atoms with van der Waals surface area (Å²) in [7, 11) is 1.74. The van der Waals surface area contributed by atoms with Gasteiger partial charge in [0.05, 0.1) is 11.0 Å². The molecule has 1 unspecified atom stereocenters. The van der Waals surface area contributed by atoms with Crippen molar-refractivity contribution in [3.8, 4) is 0 Å². The van der Waals surface area contributed by atoms with Gasteiger partial charge in [-0.15, -0.1) is 0 Å². The van der Waals surface area contributed by atoms with Crippen molar-refractivity contribution < 1.29 is 14.7 Å². The van der Waals surface area contributed by atoms with Gasteiger partial charge in [-0.25, -0.2) is 4.79 Å². The number of hydrogen-bond donors (Lipinski definition) is 2. The van der Waals surface area contributed by atoms with Gasteiger partial charge in [0, 0.05) is 13.1 Å². The van der Waals surface area contributed by atoms with Gasteiger partial charge in [-0.3, -0.25) is 4.79 Å². The molecule has 0 bridgehead atoms. The van der Waals surface area contributed by atoms with E-state index in [1.807, 2.05) is 6.92 Å². The van der Waals surface area contributed by atoms with Gasteiger partial charge in [0.15, 0.2) is 0 Å². The number of carboxylic acids is 1. The fraction of sp³-hybridized carbons (Fsp3) is 0.867. The lowest BCUT2D eigenvalue weighted by Crippen LogP contribution is -2.60. The van der Waals surface area contributed by atoms with E-state index < -0.39 is 16.9 Å². The summed E-state index contributed by atoms with van der Waals surface area (Å²) >= 11 is 0. The zero-order chi connectivity index (χ0) is 16.3. The molecule has 5 heteroatoms. The smallest absolute Gasteiger partial charge is 0.317 e. The maximum absolute atomic E-state index is 12.3. The Balaban J connectivity index is 4.87. The number of hydrogen-bond acceptors (Lipinski definition) is 2. The molecule has 2 N–H and O–H groups in total. The van der Waals surface area contributed by atoms with Gasteiger partial charge < -0.3 is 15.3 Å². The summed E-state index contributed by atoms with van der Waals surface area (Å²) in [5.74, 6) is -0.426. The lowest BCUT2D eigenvalue weighted by Gasteiger charge is -2.40. The minimum atomic E-state index is -1.05. The number of aliphatic carboxylic acids is 1. The number of nitrogens with zero attached hydrogens (tertiary/aromatic N) is 1. The summed E-state index contributed by atoms with van der Waals surface area (Å²) in [6.45, 7) is 12.9. The Labute approximate surface area is 122 Å². The van der Waals surface area contributed by atoms with E-state index in [2.05, 4.69) is 19.2 Å². The first-order valence-corrected chi connectivity index (χ1v) is 7.11. The van der Waals surface area contributed by atoms with Crippen LogP contribution in [0.25, 0.3) is 0 Å². The van der Waals surface area contributed by atoms with Crippen LogP contribution in [-0.4, -0.2) is 40.6 Å². The minimum absolute atomic E-state index is 0.110. The van der Waals surface area contributed by atoms with Crippen molar-refractivity contribution in [3.63, 3.8) is 0 Å². The highest BCUT2D eigenvalue weighted by Crippen LogP contribution is 2.31. The van der Waals surface area contributed by atoms with Crippen LogP contribution in [0.15, 0.2) is 0 Å². The molecule has 0 fully saturated rings. The molecule has 0 aromatic heterocycles. The number of rotatable bonds is 6. The summed E-state index contributed by atoms with van der Waals surface area (Å²) < 4.78 is 0. The molecule has 0 spiro atoms. The van der Waals surface area contributed by atoms with Gasteiger partial charge in [0.2, 0.25) is 0 Å². The van der Waals surface area contributed by atoms with E-state index >= 15 is 0 Å². The number of carbonyl (C=O) groups is 2. The fourth-order valence-electron chi connectivity index (χ4n) is 1.82. The largest absolute Gasteiger partial charge is 0.481 e. The molecule has 0 aromatic rings. The lowest BCUT2D eigenvalue weighted by molar-refractivity contribution is -0.150. The molecule has 0 aromatic carbocycles. The number of nitrogens with one attached hydrogen (secondary N) is 1. The van der Waals surface area contributed by atoms with Crippen LogP contribution in [0.1, 0.15) is 54.9 Å². The van der Waals surface area contributed by atoms with Crippen molar-refractivity contribution in [2.24, 2.45) is 11.3 Å². The molecular weight excluding hydrogens is 256 g/mol. The number of carboxylic acid groups (broad SMARTS) is 1. The van der Waals surface area contributed by atoms with E-state index in [4.69, 9.17) is 0 Å². The second-order valence-corrected chi connectivity index (χ2v) is 7.07. The first kappa shape index (κ1) is 18.7. The predicted octanol–water partition coefficient (Wildman–Crippen LogP) is 2.95. The van der Waals surface area contributed by atoms with Crippen LogP contribution < -0.4 is 5.32 Å². The topological polar surface area (TPSA) is 69.6 Å². The Bertz CT molecular complexity index is 362. The molecule has 0 aliphatic carbocycles. The zero-order valence-electron chi connectivity index (χ0n) is 14.1.